The Bertz CT molecular complexity index is 1770. The number of benzene rings is 2. The summed E-state index contributed by atoms with van der Waals surface area (Å²) in [5, 5.41) is 15.7. The highest BCUT2D eigenvalue weighted by atomic mass is 16.3. The van der Waals surface area contributed by atoms with Crippen molar-refractivity contribution in [3.63, 3.8) is 0 Å². The minimum atomic E-state index is -0.162. The Morgan fingerprint density at radius 1 is 1.05 bits per heavy atom. The number of aromatic nitrogens is 6. The highest BCUT2D eigenvalue weighted by molar-refractivity contribution is 5.94. The van der Waals surface area contributed by atoms with Crippen LogP contribution >= 0.6 is 0 Å². The van der Waals surface area contributed by atoms with Crippen molar-refractivity contribution in [2.45, 2.75) is 31.5 Å². The lowest BCUT2D eigenvalue weighted by Gasteiger charge is -2.37. The predicted molar refractivity (Wildman–Crippen MR) is 149 cm³/mol. The molecule has 206 valence electrons. The van der Waals surface area contributed by atoms with Gasteiger partial charge in [-0.25, -0.2) is 4.98 Å². The minimum absolute atomic E-state index is 0.0844. The van der Waals surface area contributed by atoms with E-state index in [9.17, 15) is 9.59 Å². The maximum Gasteiger partial charge on any atom is 0.272 e. The summed E-state index contributed by atoms with van der Waals surface area (Å²) in [5.41, 5.74) is 3.93. The molecule has 12 nitrogen and oxygen atoms in total. The Balaban J connectivity index is 1.11. The van der Waals surface area contributed by atoms with Gasteiger partial charge in [0.2, 0.25) is 11.8 Å². The first kappa shape index (κ1) is 25.0. The molecule has 2 amide bonds. The van der Waals surface area contributed by atoms with Crippen LogP contribution in [-0.4, -0.2) is 77.0 Å². The molecule has 41 heavy (non-hydrogen) atoms. The summed E-state index contributed by atoms with van der Waals surface area (Å²) in [4.78, 5) is 39.8. The molecule has 5 aromatic rings. The molecule has 12 heteroatoms. The van der Waals surface area contributed by atoms with Crippen molar-refractivity contribution in [2.24, 2.45) is 7.05 Å². The van der Waals surface area contributed by atoms with E-state index < -0.39 is 0 Å². The molecular formula is C29H27N9O3. The number of piperazine rings is 1. The van der Waals surface area contributed by atoms with Gasteiger partial charge in [0.05, 0.1) is 13.1 Å². The SMILES string of the molecule is CC(=O)Nc1ccc2oc(-c3ccnc(C(=O)N4CCN(C(c5ccccc5)c5nnn(C)n5)C5CC54)c3)nc2c1. The number of aryl methyl sites for hydroxylation is 1. The lowest BCUT2D eigenvalue weighted by molar-refractivity contribution is -0.114. The minimum Gasteiger partial charge on any atom is -0.436 e. The van der Waals surface area contributed by atoms with E-state index in [-0.39, 0.29) is 29.9 Å². The van der Waals surface area contributed by atoms with Crippen molar-refractivity contribution in [1.82, 2.24) is 40.0 Å². The standard InChI is InChI=1S/C29H27N9O3/c1-17(39)31-20-8-9-25-21(15-20)32-28(41-25)19-10-11-30-22(14-19)29(40)38-13-12-37(23-16-24(23)38)26(18-6-4-3-5-7-18)27-33-35-36(2)34-27/h3-11,14-15,23-24,26H,12-13,16H2,1-2H3,(H,31,39). The van der Waals surface area contributed by atoms with Crippen LogP contribution in [0.5, 0.6) is 0 Å². The number of anilines is 1. The summed E-state index contributed by atoms with van der Waals surface area (Å²) >= 11 is 0. The third-order valence-corrected chi connectivity index (χ3v) is 7.56. The van der Waals surface area contributed by atoms with Crippen LogP contribution in [-0.2, 0) is 11.8 Å². The van der Waals surface area contributed by atoms with Gasteiger partial charge in [-0.2, -0.15) is 4.80 Å². The smallest absolute Gasteiger partial charge is 0.272 e. The first-order chi connectivity index (χ1) is 19.9. The second-order valence-electron chi connectivity index (χ2n) is 10.4. The van der Waals surface area contributed by atoms with Crippen LogP contribution in [0.15, 0.2) is 71.3 Å². The Morgan fingerprint density at radius 3 is 2.68 bits per heavy atom. The van der Waals surface area contributed by atoms with Crippen LogP contribution < -0.4 is 5.32 Å². The van der Waals surface area contributed by atoms with Crippen LogP contribution in [0.4, 0.5) is 5.69 Å². The van der Waals surface area contributed by atoms with E-state index >= 15 is 0 Å². The molecule has 2 aliphatic rings. The molecule has 1 saturated carbocycles. The van der Waals surface area contributed by atoms with Gasteiger partial charge >= 0.3 is 0 Å². The fraction of sp³-hybridized carbons (Fsp3) is 0.276. The average Bonchev–Trinajstić information content (AvgIpc) is 3.50. The Morgan fingerprint density at radius 2 is 1.90 bits per heavy atom. The number of nitrogens with zero attached hydrogens (tertiary/aromatic N) is 8. The first-order valence-corrected chi connectivity index (χ1v) is 13.4. The zero-order valence-corrected chi connectivity index (χ0v) is 22.5. The van der Waals surface area contributed by atoms with Gasteiger partial charge in [0.15, 0.2) is 11.4 Å². The highest BCUT2D eigenvalue weighted by Gasteiger charge is 2.53. The Hall–Kier alpha value is -4.97. The number of tetrazole rings is 1. The lowest BCUT2D eigenvalue weighted by atomic mass is 10.0. The van der Waals surface area contributed by atoms with Gasteiger partial charge in [-0.05, 0) is 47.5 Å². The zero-order valence-electron chi connectivity index (χ0n) is 22.5. The Kier molecular flexibility index (Phi) is 6.04. The van der Waals surface area contributed by atoms with Crippen molar-refractivity contribution in [1.29, 1.82) is 0 Å². The van der Waals surface area contributed by atoms with Crippen LogP contribution in [0.1, 0.15) is 41.3 Å². The maximum atomic E-state index is 13.7. The molecule has 0 spiro atoms. The largest absolute Gasteiger partial charge is 0.436 e. The molecule has 2 fully saturated rings. The maximum absolute atomic E-state index is 13.7. The van der Waals surface area contributed by atoms with Gasteiger partial charge in [0.25, 0.3) is 5.91 Å². The molecule has 4 heterocycles. The van der Waals surface area contributed by atoms with Crippen molar-refractivity contribution >= 4 is 28.6 Å². The molecular weight excluding hydrogens is 522 g/mol. The number of oxazole rings is 1. The second kappa shape index (κ2) is 9.89. The number of fused-ring (bicyclic) bond motifs is 2. The van der Waals surface area contributed by atoms with Gasteiger partial charge < -0.3 is 14.6 Å². The zero-order chi connectivity index (χ0) is 28.1. The molecule has 3 atom stereocenters. The fourth-order valence-electron chi connectivity index (χ4n) is 5.68. The molecule has 1 aliphatic carbocycles. The van der Waals surface area contributed by atoms with Gasteiger partial charge in [-0.1, -0.05) is 30.3 Å². The number of carbonyl (C=O) groups is 2. The number of pyridine rings is 1. The van der Waals surface area contributed by atoms with E-state index in [4.69, 9.17) is 4.42 Å². The predicted octanol–water partition coefficient (Wildman–Crippen LogP) is 3.06. The molecule has 7 rings (SSSR count). The van der Waals surface area contributed by atoms with E-state index in [0.717, 1.165) is 12.0 Å². The molecule has 0 bridgehead atoms. The lowest BCUT2D eigenvalue weighted by Crippen LogP contribution is -2.50. The van der Waals surface area contributed by atoms with Crippen molar-refractivity contribution in [3.8, 4) is 11.5 Å². The molecule has 1 aliphatic heterocycles. The van der Waals surface area contributed by atoms with E-state index in [2.05, 4.69) is 47.7 Å². The van der Waals surface area contributed by atoms with Crippen LogP contribution in [0, 0.1) is 0 Å². The number of nitrogens with one attached hydrogen (secondary N) is 1. The van der Waals surface area contributed by atoms with E-state index in [1.54, 1.807) is 43.6 Å². The highest BCUT2D eigenvalue weighted by Crippen LogP contribution is 2.43. The van der Waals surface area contributed by atoms with Gasteiger partial charge in [0, 0.05) is 49.5 Å². The third kappa shape index (κ3) is 4.72. The van der Waals surface area contributed by atoms with Gasteiger partial charge in [-0.15, -0.1) is 10.2 Å². The van der Waals surface area contributed by atoms with Crippen molar-refractivity contribution < 1.29 is 14.0 Å². The number of rotatable bonds is 6. The van der Waals surface area contributed by atoms with Crippen LogP contribution in [0.3, 0.4) is 0 Å². The number of carbonyl (C=O) groups excluding carboxylic acids is 2. The average molecular weight is 550 g/mol. The van der Waals surface area contributed by atoms with Crippen LogP contribution in [0.2, 0.25) is 0 Å². The number of hydrogen-bond acceptors (Lipinski definition) is 9. The Labute approximate surface area is 235 Å². The molecule has 1 N–H and O–H groups in total. The quantitative estimate of drug-likeness (QED) is 0.339. The monoisotopic (exact) mass is 549 g/mol. The summed E-state index contributed by atoms with van der Waals surface area (Å²) in [5.74, 6) is 0.760. The molecule has 3 unspecified atom stereocenters. The molecule has 3 aromatic heterocycles. The van der Waals surface area contributed by atoms with E-state index in [1.165, 1.54) is 11.7 Å². The van der Waals surface area contributed by atoms with Crippen LogP contribution in [0.25, 0.3) is 22.6 Å². The van der Waals surface area contributed by atoms with Crippen molar-refractivity contribution in [2.75, 3.05) is 18.4 Å². The summed E-state index contributed by atoms with van der Waals surface area (Å²) in [6, 6.07) is 19.1. The third-order valence-electron chi connectivity index (χ3n) is 7.56. The van der Waals surface area contributed by atoms with E-state index in [0.29, 0.717) is 52.8 Å². The molecule has 0 radical (unpaired) electrons. The summed E-state index contributed by atoms with van der Waals surface area (Å²) in [7, 11) is 1.76. The normalized spacial score (nSPS) is 19.1. The van der Waals surface area contributed by atoms with Crippen molar-refractivity contribution in [3.05, 3.63) is 83.9 Å². The van der Waals surface area contributed by atoms with E-state index in [1.807, 2.05) is 23.1 Å². The van der Waals surface area contributed by atoms with Gasteiger partial charge in [0.1, 0.15) is 11.2 Å². The number of amides is 2. The first-order valence-electron chi connectivity index (χ1n) is 13.4. The summed E-state index contributed by atoms with van der Waals surface area (Å²) in [6.07, 6.45) is 2.47. The molecule has 1 saturated heterocycles. The van der Waals surface area contributed by atoms with Gasteiger partial charge in [-0.3, -0.25) is 19.5 Å². The second-order valence-corrected chi connectivity index (χ2v) is 10.4. The summed E-state index contributed by atoms with van der Waals surface area (Å²) < 4.78 is 5.95. The molecule has 2 aromatic carbocycles. The fourth-order valence-corrected chi connectivity index (χ4v) is 5.68. The topological polar surface area (TPSA) is 135 Å². The summed E-state index contributed by atoms with van der Waals surface area (Å²) in [6.45, 7) is 2.69. The number of hydrogen-bond donors (Lipinski definition) is 1.